The average Bonchev–Trinajstić information content (AvgIpc) is 2.44. The lowest BCUT2D eigenvalue weighted by Gasteiger charge is -2.09. The van der Waals surface area contributed by atoms with Crippen molar-refractivity contribution in [2.24, 2.45) is 0 Å². The Kier molecular flexibility index (Phi) is 3.54. The molecule has 100 valence electrons. The Bertz CT molecular complexity index is 794. The molecule has 0 spiro atoms. The van der Waals surface area contributed by atoms with E-state index < -0.39 is 0 Å². The molecule has 6 heteroatoms. The summed E-state index contributed by atoms with van der Waals surface area (Å²) in [5, 5.41) is 1.31. The molecule has 2 aromatic heterocycles. The van der Waals surface area contributed by atoms with Crippen molar-refractivity contribution in [1.82, 2.24) is 15.0 Å². The fourth-order valence-electron chi connectivity index (χ4n) is 1.81. The largest absolute Gasteiger partial charge is 0.435 e. The van der Waals surface area contributed by atoms with E-state index in [4.69, 9.17) is 16.3 Å². The van der Waals surface area contributed by atoms with Crippen LogP contribution in [-0.4, -0.2) is 15.0 Å². The maximum Gasteiger partial charge on any atom is 0.238 e. The minimum atomic E-state index is 0.305. The van der Waals surface area contributed by atoms with E-state index in [1.165, 1.54) is 6.33 Å². The van der Waals surface area contributed by atoms with Crippen molar-refractivity contribution in [3.05, 3.63) is 52.0 Å². The first-order valence-corrected chi connectivity index (χ1v) is 7.02. The molecular formula is C14H9BrClN3O. The second-order valence-electron chi connectivity index (χ2n) is 4.17. The lowest BCUT2D eigenvalue weighted by molar-refractivity contribution is 0.462. The first-order chi connectivity index (χ1) is 9.65. The Hall–Kier alpha value is -1.72. The highest BCUT2D eigenvalue weighted by atomic mass is 79.9. The number of aromatic nitrogens is 3. The standard InChI is InChI=1S/C14H9BrClN3O/c1-8-5-6-9-3-2-4-10(12(9)19-8)20-14-11(15)13(16)17-7-18-14/h2-7H,1H3. The molecule has 0 fully saturated rings. The van der Waals surface area contributed by atoms with Crippen LogP contribution in [0.3, 0.4) is 0 Å². The van der Waals surface area contributed by atoms with Crippen molar-refractivity contribution in [2.45, 2.75) is 6.92 Å². The van der Waals surface area contributed by atoms with Gasteiger partial charge in [0.25, 0.3) is 0 Å². The summed E-state index contributed by atoms with van der Waals surface area (Å²) in [7, 11) is 0. The topological polar surface area (TPSA) is 47.9 Å². The smallest absolute Gasteiger partial charge is 0.238 e. The van der Waals surface area contributed by atoms with Crippen molar-refractivity contribution in [3.63, 3.8) is 0 Å². The molecule has 0 radical (unpaired) electrons. The van der Waals surface area contributed by atoms with Crippen molar-refractivity contribution < 1.29 is 4.74 Å². The predicted molar refractivity (Wildman–Crippen MR) is 81.3 cm³/mol. The average molecular weight is 351 g/mol. The van der Waals surface area contributed by atoms with Crippen LogP contribution in [0.4, 0.5) is 0 Å². The van der Waals surface area contributed by atoms with E-state index >= 15 is 0 Å². The molecule has 0 bridgehead atoms. The molecule has 0 saturated carbocycles. The number of para-hydroxylation sites is 1. The summed E-state index contributed by atoms with van der Waals surface area (Å²) in [5.41, 5.74) is 1.71. The number of benzene rings is 1. The molecule has 0 aliphatic carbocycles. The molecule has 20 heavy (non-hydrogen) atoms. The molecule has 4 nitrogen and oxygen atoms in total. The Morgan fingerprint density at radius 1 is 1.15 bits per heavy atom. The number of ether oxygens (including phenoxy) is 1. The van der Waals surface area contributed by atoms with E-state index in [2.05, 4.69) is 30.9 Å². The first-order valence-electron chi connectivity index (χ1n) is 5.85. The zero-order valence-electron chi connectivity index (χ0n) is 10.5. The van der Waals surface area contributed by atoms with Crippen LogP contribution in [0, 0.1) is 6.92 Å². The van der Waals surface area contributed by atoms with Gasteiger partial charge >= 0.3 is 0 Å². The number of aryl methyl sites for hydroxylation is 1. The number of pyridine rings is 1. The minimum absolute atomic E-state index is 0.305. The third kappa shape index (κ3) is 2.46. The lowest BCUT2D eigenvalue weighted by atomic mass is 10.2. The Morgan fingerprint density at radius 3 is 2.85 bits per heavy atom. The number of fused-ring (bicyclic) bond motifs is 1. The van der Waals surface area contributed by atoms with Gasteiger partial charge in [-0.1, -0.05) is 29.8 Å². The van der Waals surface area contributed by atoms with Crippen molar-refractivity contribution in [2.75, 3.05) is 0 Å². The Morgan fingerprint density at radius 2 is 2.00 bits per heavy atom. The van der Waals surface area contributed by atoms with Gasteiger partial charge in [-0.3, -0.25) is 0 Å². The summed E-state index contributed by atoms with van der Waals surface area (Å²) in [5.74, 6) is 0.988. The number of rotatable bonds is 2. The molecule has 3 rings (SSSR count). The second-order valence-corrected chi connectivity index (χ2v) is 5.32. The van der Waals surface area contributed by atoms with Crippen LogP contribution in [0.15, 0.2) is 41.1 Å². The van der Waals surface area contributed by atoms with Crippen LogP contribution in [0.5, 0.6) is 11.6 Å². The maximum atomic E-state index is 5.93. The van der Waals surface area contributed by atoms with E-state index in [0.29, 0.717) is 21.3 Å². The summed E-state index contributed by atoms with van der Waals surface area (Å²) >= 11 is 9.24. The van der Waals surface area contributed by atoms with Gasteiger partial charge in [0.2, 0.25) is 5.88 Å². The fraction of sp³-hybridized carbons (Fsp3) is 0.0714. The van der Waals surface area contributed by atoms with Gasteiger partial charge in [0.05, 0.1) is 0 Å². The predicted octanol–water partition coefficient (Wildman–Crippen LogP) is 4.54. The Balaban J connectivity index is 2.11. The van der Waals surface area contributed by atoms with Crippen molar-refractivity contribution in [3.8, 4) is 11.6 Å². The van der Waals surface area contributed by atoms with E-state index in [-0.39, 0.29) is 0 Å². The highest BCUT2D eigenvalue weighted by Gasteiger charge is 2.11. The van der Waals surface area contributed by atoms with Gasteiger partial charge in [-0.25, -0.2) is 15.0 Å². The summed E-state index contributed by atoms with van der Waals surface area (Å²) in [4.78, 5) is 12.4. The molecule has 0 aliphatic rings. The first kappa shape index (κ1) is 13.3. The zero-order valence-corrected chi connectivity index (χ0v) is 12.8. The quantitative estimate of drug-likeness (QED) is 0.637. The molecule has 1 aromatic carbocycles. The minimum Gasteiger partial charge on any atom is -0.435 e. The third-order valence-corrected chi connectivity index (χ3v) is 3.97. The van der Waals surface area contributed by atoms with Crippen LogP contribution < -0.4 is 4.74 Å². The van der Waals surface area contributed by atoms with Gasteiger partial charge in [0.1, 0.15) is 16.3 Å². The molecule has 0 amide bonds. The molecule has 0 aliphatic heterocycles. The number of nitrogens with zero attached hydrogens (tertiary/aromatic N) is 3. The normalized spacial score (nSPS) is 10.8. The maximum absolute atomic E-state index is 5.93. The summed E-state index contributed by atoms with van der Waals surface area (Å²) in [6, 6.07) is 9.70. The monoisotopic (exact) mass is 349 g/mol. The van der Waals surface area contributed by atoms with Crippen LogP contribution in [0.25, 0.3) is 10.9 Å². The SMILES string of the molecule is Cc1ccc2cccc(Oc3ncnc(Cl)c3Br)c2n1. The molecule has 0 N–H and O–H groups in total. The van der Waals surface area contributed by atoms with Crippen molar-refractivity contribution >= 4 is 38.4 Å². The van der Waals surface area contributed by atoms with Gasteiger partial charge in [-0.2, -0.15) is 0 Å². The Labute approximate surface area is 128 Å². The molecule has 2 heterocycles. The van der Waals surface area contributed by atoms with E-state index in [9.17, 15) is 0 Å². The highest BCUT2D eigenvalue weighted by molar-refractivity contribution is 9.10. The third-order valence-electron chi connectivity index (χ3n) is 2.74. The van der Waals surface area contributed by atoms with E-state index in [1.54, 1.807) is 0 Å². The summed E-state index contributed by atoms with van der Waals surface area (Å²) in [6.45, 7) is 1.94. The lowest BCUT2D eigenvalue weighted by Crippen LogP contribution is -1.94. The number of halogens is 2. The van der Waals surface area contributed by atoms with E-state index in [0.717, 1.165) is 16.6 Å². The van der Waals surface area contributed by atoms with Gasteiger partial charge in [-0.05, 0) is 35.0 Å². The highest BCUT2D eigenvalue weighted by Crippen LogP contribution is 2.34. The van der Waals surface area contributed by atoms with Gasteiger partial charge in [0, 0.05) is 11.1 Å². The number of hydrogen-bond donors (Lipinski definition) is 0. The molecule has 0 unspecified atom stereocenters. The fourth-order valence-corrected chi connectivity index (χ4v) is 2.22. The number of hydrogen-bond acceptors (Lipinski definition) is 4. The summed E-state index contributed by atoms with van der Waals surface area (Å²) in [6.07, 6.45) is 1.35. The molecule has 3 aromatic rings. The van der Waals surface area contributed by atoms with Crippen LogP contribution >= 0.6 is 27.5 Å². The van der Waals surface area contributed by atoms with E-state index in [1.807, 2.05) is 37.3 Å². The van der Waals surface area contributed by atoms with Crippen LogP contribution in [0.2, 0.25) is 5.15 Å². The molecule has 0 atom stereocenters. The van der Waals surface area contributed by atoms with Gasteiger partial charge < -0.3 is 4.74 Å². The van der Waals surface area contributed by atoms with Crippen molar-refractivity contribution in [1.29, 1.82) is 0 Å². The molecule has 0 saturated heterocycles. The second kappa shape index (κ2) is 5.34. The molecular weight excluding hydrogens is 342 g/mol. The van der Waals surface area contributed by atoms with Crippen LogP contribution in [-0.2, 0) is 0 Å². The van der Waals surface area contributed by atoms with Crippen LogP contribution in [0.1, 0.15) is 5.69 Å². The zero-order chi connectivity index (χ0) is 14.1. The van der Waals surface area contributed by atoms with Gasteiger partial charge in [0.15, 0.2) is 10.9 Å². The summed E-state index contributed by atoms with van der Waals surface area (Å²) < 4.78 is 6.33. The van der Waals surface area contributed by atoms with Gasteiger partial charge in [-0.15, -0.1) is 0 Å².